The van der Waals surface area contributed by atoms with Gasteiger partial charge in [-0.25, -0.2) is 14.6 Å². The number of nitrogens with two attached hydrogens (primary N) is 1. The van der Waals surface area contributed by atoms with E-state index in [2.05, 4.69) is 15.2 Å². The van der Waals surface area contributed by atoms with Crippen molar-refractivity contribution in [1.29, 1.82) is 0 Å². The molecule has 0 spiro atoms. The van der Waals surface area contributed by atoms with Gasteiger partial charge in [0.05, 0.1) is 42.8 Å². The van der Waals surface area contributed by atoms with Crippen LogP contribution >= 0.6 is 11.3 Å². The average Bonchev–Trinajstić information content (AvgIpc) is 3.83. The van der Waals surface area contributed by atoms with Gasteiger partial charge in [-0.1, -0.05) is 51.2 Å². The summed E-state index contributed by atoms with van der Waals surface area (Å²) in [5.74, 6) is -3.46. The molecule has 2 aliphatic heterocycles. The van der Waals surface area contributed by atoms with E-state index in [1.807, 2.05) is 54.8 Å². The Balaban J connectivity index is 0.00000294. The summed E-state index contributed by atoms with van der Waals surface area (Å²) in [6, 6.07) is 12.2. The molecule has 2 saturated heterocycles. The van der Waals surface area contributed by atoms with Gasteiger partial charge in [0.1, 0.15) is 24.0 Å². The SMILES string of the molecule is CC.COC(=O)C1O[C@@H](OCC(C)(C)/C(O)=C/C(N)=N\C(=O)Nc2ccc(-c3cn4c(n3)sc3cc(OCCN5CCOCC5)ccc34)cc2)C(OC(C)=O)C(OC(C)=O)C1OC(C)=O.[HH].[HH]. The van der Waals surface area contributed by atoms with E-state index >= 15 is 0 Å². The van der Waals surface area contributed by atoms with Crippen molar-refractivity contribution in [2.24, 2.45) is 16.1 Å². The predicted octanol–water partition coefficient (Wildman–Crippen LogP) is 5.51. The number of aliphatic hydroxyl groups excluding tert-OH is 1. The van der Waals surface area contributed by atoms with Crippen molar-refractivity contribution in [1.82, 2.24) is 14.3 Å². The third-order valence-electron chi connectivity index (χ3n) is 9.93. The Hall–Kier alpha value is -6.13. The molecule has 5 atom stereocenters. The Kier molecular flexibility index (Phi) is 17.4. The molecule has 2 aromatic heterocycles. The average molecular weight is 929 g/mol. The molecule has 2 aromatic carbocycles. The van der Waals surface area contributed by atoms with Crippen molar-refractivity contribution in [3.05, 3.63) is 60.5 Å². The maximum Gasteiger partial charge on any atom is 0.347 e. The second-order valence-electron chi connectivity index (χ2n) is 15.3. The zero-order chi connectivity index (χ0) is 47.4. The second-order valence-corrected chi connectivity index (χ2v) is 16.3. The fourth-order valence-corrected chi connectivity index (χ4v) is 7.80. The summed E-state index contributed by atoms with van der Waals surface area (Å²) in [6.45, 7) is 14.7. The van der Waals surface area contributed by atoms with Gasteiger partial charge >= 0.3 is 29.9 Å². The maximum absolute atomic E-state index is 12.8. The number of aliphatic hydroxyl groups is 1. The van der Waals surface area contributed by atoms with Crippen LogP contribution in [0.5, 0.6) is 5.75 Å². The number of hydrogen-bond acceptors (Lipinski definition) is 17. The molecule has 0 saturated carbocycles. The Morgan fingerprint density at radius 3 is 2.28 bits per heavy atom. The van der Waals surface area contributed by atoms with E-state index < -0.39 is 66.0 Å². The van der Waals surface area contributed by atoms with Crippen LogP contribution in [0.15, 0.2) is 65.5 Å². The van der Waals surface area contributed by atoms with E-state index in [1.54, 1.807) is 37.3 Å². The molecule has 65 heavy (non-hydrogen) atoms. The van der Waals surface area contributed by atoms with E-state index in [1.165, 1.54) is 0 Å². The normalized spacial score (nSPS) is 20.6. The lowest BCUT2D eigenvalue weighted by Crippen LogP contribution is -2.64. The Bertz CT molecular complexity index is 2380. The minimum Gasteiger partial charge on any atom is -0.512 e. The van der Waals surface area contributed by atoms with Gasteiger partial charge in [-0.05, 0) is 30.3 Å². The number of methoxy groups -OCH3 is 1. The standard InChI is InChI=1S/C42H50N6O14S.C2H6.2H2/c1-23(49)59-34-35(60-24(2)50)37(61-25(3)51)39(62-36(34)38(53)55-6)58-22-42(4,5)32(52)20-33(43)46-40(54)44-27-9-7-26(8-10-27)29-21-48-30-12-11-28(19-31(30)63-41(48)45-29)57-18-15-47-13-16-56-17-14-47;1-2;;/h7-12,19-21,34-37,39,52H,13-18,22H2,1-6H3,(H3,43,44,46,54);1-2H3;2*1H/b32-20-;;;/t34?,35?,36?,37?,39-;;;/m1.../s1. The first kappa shape index (κ1) is 49.9. The van der Waals surface area contributed by atoms with Crippen LogP contribution < -0.4 is 15.8 Å². The smallest absolute Gasteiger partial charge is 0.347 e. The number of hydrogen-bond donors (Lipinski definition) is 3. The number of fused-ring (bicyclic) bond motifs is 3. The van der Waals surface area contributed by atoms with Crippen molar-refractivity contribution in [3.8, 4) is 17.0 Å². The lowest BCUT2D eigenvalue weighted by atomic mass is 9.91. The summed E-state index contributed by atoms with van der Waals surface area (Å²) in [7, 11) is 1.06. The maximum atomic E-state index is 12.8. The summed E-state index contributed by atoms with van der Waals surface area (Å²) in [5.41, 5.74) is 7.76. The van der Waals surface area contributed by atoms with Crippen molar-refractivity contribution in [2.45, 2.75) is 79.2 Å². The fourth-order valence-electron chi connectivity index (χ4n) is 6.77. The zero-order valence-corrected chi connectivity index (χ0v) is 38.4. The number of rotatable bonds is 15. The number of morpholine rings is 1. The highest BCUT2D eigenvalue weighted by molar-refractivity contribution is 7.23. The number of thiazole rings is 1. The highest BCUT2D eigenvalue weighted by Crippen LogP contribution is 2.34. The Morgan fingerprint density at radius 2 is 1.63 bits per heavy atom. The lowest BCUT2D eigenvalue weighted by Gasteiger charge is -2.43. The molecule has 20 nitrogen and oxygen atoms in total. The van der Waals surface area contributed by atoms with Gasteiger partial charge in [-0.3, -0.25) is 23.7 Å². The number of aliphatic imine (C=N–C) groups is 1. The topological polar surface area (TPSA) is 250 Å². The molecule has 2 amide bonds. The summed E-state index contributed by atoms with van der Waals surface area (Å²) in [5, 5.41) is 13.7. The van der Waals surface area contributed by atoms with Crippen LogP contribution in [0.2, 0.25) is 0 Å². The van der Waals surface area contributed by atoms with Crippen LogP contribution in [0.3, 0.4) is 0 Å². The van der Waals surface area contributed by atoms with E-state index in [-0.39, 0.29) is 21.1 Å². The number of nitrogens with one attached hydrogen (secondary N) is 1. The van der Waals surface area contributed by atoms with Crippen LogP contribution in [0.1, 0.15) is 51.3 Å². The van der Waals surface area contributed by atoms with Gasteiger partial charge in [0.15, 0.2) is 35.7 Å². The van der Waals surface area contributed by atoms with Crippen molar-refractivity contribution >= 4 is 67.9 Å². The first-order chi connectivity index (χ1) is 31.0. The van der Waals surface area contributed by atoms with Gasteiger partial charge in [-0.2, -0.15) is 4.99 Å². The Labute approximate surface area is 382 Å². The van der Waals surface area contributed by atoms with E-state index in [0.29, 0.717) is 12.3 Å². The lowest BCUT2D eigenvalue weighted by molar-refractivity contribution is -0.305. The first-order valence-corrected chi connectivity index (χ1v) is 21.7. The largest absolute Gasteiger partial charge is 0.512 e. The third kappa shape index (κ3) is 13.2. The van der Waals surface area contributed by atoms with E-state index in [0.717, 1.165) is 99.0 Å². The molecule has 0 aliphatic carbocycles. The molecule has 2 fully saturated rings. The zero-order valence-electron chi connectivity index (χ0n) is 37.6. The monoisotopic (exact) mass is 928 g/mol. The van der Waals surface area contributed by atoms with E-state index in [9.17, 15) is 29.1 Å². The minimum absolute atomic E-state index is 0. The summed E-state index contributed by atoms with van der Waals surface area (Å²) < 4.78 is 47.0. The quantitative estimate of drug-likeness (QED) is 0.0437. The molecule has 6 rings (SSSR count). The van der Waals surface area contributed by atoms with Gasteiger partial charge in [0, 0.05) is 72.2 Å². The molecule has 0 radical (unpaired) electrons. The van der Waals surface area contributed by atoms with Gasteiger partial charge in [0.2, 0.25) is 0 Å². The van der Waals surface area contributed by atoms with E-state index in [4.69, 9.17) is 48.6 Å². The Morgan fingerprint density at radius 1 is 0.985 bits per heavy atom. The third-order valence-corrected chi connectivity index (χ3v) is 10.9. The number of nitrogens with zero attached hydrogens (tertiary/aromatic N) is 4. The number of esters is 4. The number of aromatic nitrogens is 2. The highest BCUT2D eigenvalue weighted by Gasteiger charge is 2.55. The van der Waals surface area contributed by atoms with Crippen molar-refractivity contribution in [3.63, 3.8) is 0 Å². The molecule has 356 valence electrons. The van der Waals surface area contributed by atoms with Crippen LogP contribution in [0, 0.1) is 5.41 Å². The summed E-state index contributed by atoms with van der Waals surface area (Å²) >= 11 is 1.56. The molecule has 4 N–H and O–H groups in total. The molecule has 21 heteroatoms. The number of amidine groups is 1. The van der Waals surface area contributed by atoms with Crippen LogP contribution in [-0.4, -0.2) is 139 Å². The number of anilines is 1. The number of urea groups is 1. The van der Waals surface area contributed by atoms with Crippen molar-refractivity contribution in [2.75, 3.05) is 58.5 Å². The van der Waals surface area contributed by atoms with Gasteiger partial charge < -0.3 is 54.1 Å². The molecular weight excluding hydrogens is 869 g/mol. The minimum atomic E-state index is -1.67. The fraction of sp³-hybridized carbons (Fsp3) is 0.477. The summed E-state index contributed by atoms with van der Waals surface area (Å²) in [4.78, 5) is 73.5. The number of carbonyl (C=O) groups is 5. The molecule has 4 heterocycles. The molecule has 2 aliphatic rings. The highest BCUT2D eigenvalue weighted by atomic mass is 32.1. The predicted molar refractivity (Wildman–Crippen MR) is 243 cm³/mol. The number of ether oxygens (including phenoxy) is 8. The second kappa shape index (κ2) is 22.7. The summed E-state index contributed by atoms with van der Waals surface area (Å²) in [6.07, 6.45) is -4.92. The number of carbonyl (C=O) groups excluding carboxylic acids is 5. The molecule has 4 aromatic rings. The van der Waals surface area contributed by atoms with Crippen LogP contribution in [0.4, 0.5) is 10.5 Å². The van der Waals surface area contributed by atoms with Gasteiger partial charge in [-0.15, -0.1) is 0 Å². The molecule has 4 unspecified atom stereocenters. The number of amides is 2. The number of imidazole rings is 1. The van der Waals surface area contributed by atoms with Crippen molar-refractivity contribution < 1.29 is 69.8 Å². The number of benzene rings is 2. The first-order valence-electron chi connectivity index (χ1n) is 20.9. The van der Waals surface area contributed by atoms with Crippen LogP contribution in [-0.2, 0) is 52.3 Å². The van der Waals surface area contributed by atoms with Gasteiger partial charge in [0.25, 0.3) is 0 Å². The molecular formula is C44H60N6O14S. The molecule has 0 bridgehead atoms. The van der Waals surface area contributed by atoms with Crippen LogP contribution in [0.25, 0.3) is 26.4 Å².